The standard InChI is InChI=1S/C12H12ClN5O/c13-8-4-5-9(11-15-17-18-16-11)10(6-8)14-12(19)7-2-1-3-7/h4-7H,1-3H2,(H,14,19)(H,15,16,17,18). The molecule has 1 aromatic heterocycles. The minimum Gasteiger partial charge on any atom is -0.325 e. The lowest BCUT2D eigenvalue weighted by molar-refractivity contribution is -0.122. The van der Waals surface area contributed by atoms with E-state index in [2.05, 4.69) is 25.9 Å². The number of aromatic nitrogens is 4. The number of nitrogens with one attached hydrogen (secondary N) is 2. The van der Waals surface area contributed by atoms with Crippen molar-refractivity contribution in [3.05, 3.63) is 23.2 Å². The van der Waals surface area contributed by atoms with Crippen LogP contribution in [0.25, 0.3) is 11.4 Å². The number of amides is 1. The van der Waals surface area contributed by atoms with E-state index in [0.717, 1.165) is 19.3 Å². The predicted molar refractivity (Wildman–Crippen MR) is 70.6 cm³/mol. The number of anilines is 1. The molecule has 1 heterocycles. The number of aromatic amines is 1. The Kier molecular flexibility index (Phi) is 3.16. The summed E-state index contributed by atoms with van der Waals surface area (Å²) in [5.74, 6) is 0.566. The summed E-state index contributed by atoms with van der Waals surface area (Å²) in [7, 11) is 0. The Balaban J connectivity index is 1.90. The Morgan fingerprint density at radius 1 is 1.42 bits per heavy atom. The molecule has 0 atom stereocenters. The molecule has 6 nitrogen and oxygen atoms in total. The molecule has 1 aliphatic carbocycles. The van der Waals surface area contributed by atoms with Crippen molar-refractivity contribution < 1.29 is 4.79 Å². The second-order valence-corrected chi connectivity index (χ2v) is 4.98. The molecular formula is C12H12ClN5O. The molecule has 98 valence electrons. The van der Waals surface area contributed by atoms with Crippen LogP contribution in [0.4, 0.5) is 5.69 Å². The molecule has 1 aromatic carbocycles. The molecule has 0 radical (unpaired) electrons. The van der Waals surface area contributed by atoms with Crippen molar-refractivity contribution in [2.45, 2.75) is 19.3 Å². The van der Waals surface area contributed by atoms with E-state index in [1.807, 2.05) is 0 Å². The zero-order chi connectivity index (χ0) is 13.2. The number of nitrogens with zero attached hydrogens (tertiary/aromatic N) is 3. The van der Waals surface area contributed by atoms with E-state index in [1.54, 1.807) is 18.2 Å². The molecule has 7 heteroatoms. The van der Waals surface area contributed by atoms with Crippen LogP contribution in [0.2, 0.25) is 5.02 Å². The summed E-state index contributed by atoms with van der Waals surface area (Å²) < 4.78 is 0. The van der Waals surface area contributed by atoms with Gasteiger partial charge in [0.05, 0.1) is 5.69 Å². The summed E-state index contributed by atoms with van der Waals surface area (Å²) in [6, 6.07) is 5.19. The van der Waals surface area contributed by atoms with Gasteiger partial charge < -0.3 is 5.32 Å². The summed E-state index contributed by atoms with van der Waals surface area (Å²) in [5, 5.41) is 17.2. The van der Waals surface area contributed by atoms with Crippen molar-refractivity contribution >= 4 is 23.2 Å². The lowest BCUT2D eigenvalue weighted by Crippen LogP contribution is -2.28. The SMILES string of the molecule is O=C(Nc1cc(Cl)ccc1-c1nn[nH]n1)C1CCC1. The van der Waals surface area contributed by atoms with Gasteiger partial charge in [0.1, 0.15) is 0 Å². The van der Waals surface area contributed by atoms with Crippen molar-refractivity contribution in [3.63, 3.8) is 0 Å². The molecule has 1 saturated carbocycles. The van der Waals surface area contributed by atoms with Gasteiger partial charge in [0.15, 0.2) is 0 Å². The molecule has 0 saturated heterocycles. The lowest BCUT2D eigenvalue weighted by atomic mass is 9.85. The van der Waals surface area contributed by atoms with Crippen molar-refractivity contribution in [1.29, 1.82) is 0 Å². The van der Waals surface area contributed by atoms with Gasteiger partial charge in [-0.2, -0.15) is 5.21 Å². The number of carbonyl (C=O) groups is 1. The maximum Gasteiger partial charge on any atom is 0.227 e. The van der Waals surface area contributed by atoms with Gasteiger partial charge in [-0.1, -0.05) is 18.0 Å². The van der Waals surface area contributed by atoms with E-state index >= 15 is 0 Å². The van der Waals surface area contributed by atoms with Gasteiger partial charge >= 0.3 is 0 Å². The van der Waals surface area contributed by atoms with Crippen LogP contribution < -0.4 is 5.32 Å². The van der Waals surface area contributed by atoms with Crippen molar-refractivity contribution in [2.75, 3.05) is 5.32 Å². The molecule has 1 amide bonds. The Labute approximate surface area is 114 Å². The largest absolute Gasteiger partial charge is 0.325 e. The first-order valence-electron chi connectivity index (χ1n) is 6.08. The highest BCUT2D eigenvalue weighted by Crippen LogP contribution is 2.31. The van der Waals surface area contributed by atoms with Crippen molar-refractivity contribution in [1.82, 2.24) is 20.6 Å². The average Bonchev–Trinajstić information content (AvgIpc) is 2.80. The highest BCUT2D eigenvalue weighted by atomic mass is 35.5. The molecule has 1 fully saturated rings. The van der Waals surface area contributed by atoms with Crippen LogP contribution in [0.5, 0.6) is 0 Å². The first-order valence-corrected chi connectivity index (χ1v) is 6.46. The van der Waals surface area contributed by atoms with E-state index in [1.165, 1.54) is 0 Å². The van der Waals surface area contributed by atoms with Crippen LogP contribution in [0.1, 0.15) is 19.3 Å². The van der Waals surface area contributed by atoms with E-state index in [-0.39, 0.29) is 11.8 Å². The van der Waals surface area contributed by atoms with Crippen molar-refractivity contribution in [2.24, 2.45) is 5.92 Å². The van der Waals surface area contributed by atoms with E-state index < -0.39 is 0 Å². The molecule has 1 aliphatic rings. The zero-order valence-corrected chi connectivity index (χ0v) is 10.8. The number of H-pyrrole nitrogens is 1. The minimum absolute atomic E-state index is 0.0262. The van der Waals surface area contributed by atoms with Crippen LogP contribution in [0.15, 0.2) is 18.2 Å². The number of hydrogen-bond donors (Lipinski definition) is 2. The Morgan fingerprint density at radius 3 is 2.89 bits per heavy atom. The summed E-state index contributed by atoms with van der Waals surface area (Å²) in [5.41, 5.74) is 1.32. The Hall–Kier alpha value is -1.95. The van der Waals surface area contributed by atoms with Crippen LogP contribution >= 0.6 is 11.6 Å². The Bertz CT molecular complexity index is 594. The van der Waals surface area contributed by atoms with E-state index in [4.69, 9.17) is 11.6 Å². The molecule has 2 N–H and O–H groups in total. The molecule has 0 unspecified atom stereocenters. The normalized spacial score (nSPS) is 15.0. The third-order valence-corrected chi connectivity index (χ3v) is 3.54. The van der Waals surface area contributed by atoms with E-state index in [0.29, 0.717) is 22.1 Å². The number of halogens is 1. The zero-order valence-electron chi connectivity index (χ0n) is 10.1. The molecular weight excluding hydrogens is 266 g/mol. The number of tetrazole rings is 1. The first-order chi connectivity index (χ1) is 9.24. The topological polar surface area (TPSA) is 83.6 Å². The van der Waals surface area contributed by atoms with Gasteiger partial charge in [-0.25, -0.2) is 0 Å². The fourth-order valence-electron chi connectivity index (χ4n) is 2.00. The van der Waals surface area contributed by atoms with E-state index in [9.17, 15) is 4.79 Å². The summed E-state index contributed by atoms with van der Waals surface area (Å²) in [4.78, 5) is 12.0. The van der Waals surface area contributed by atoms with Gasteiger partial charge in [-0.05, 0) is 36.3 Å². The monoisotopic (exact) mass is 277 g/mol. The average molecular weight is 278 g/mol. The van der Waals surface area contributed by atoms with Gasteiger partial charge in [0.2, 0.25) is 11.7 Å². The Morgan fingerprint density at radius 2 is 2.26 bits per heavy atom. The number of hydrogen-bond acceptors (Lipinski definition) is 4. The van der Waals surface area contributed by atoms with Crippen molar-refractivity contribution in [3.8, 4) is 11.4 Å². The summed E-state index contributed by atoms with van der Waals surface area (Å²) in [6.07, 6.45) is 3.01. The highest BCUT2D eigenvalue weighted by molar-refractivity contribution is 6.31. The van der Waals surface area contributed by atoms with Gasteiger partial charge in [0.25, 0.3) is 0 Å². The maximum atomic E-state index is 12.0. The fraction of sp³-hybridized carbons (Fsp3) is 0.333. The van der Waals surface area contributed by atoms with Crippen LogP contribution in [0, 0.1) is 5.92 Å². The second kappa shape index (κ2) is 4.97. The molecule has 0 bridgehead atoms. The summed E-state index contributed by atoms with van der Waals surface area (Å²) >= 11 is 5.97. The van der Waals surface area contributed by atoms with Gasteiger partial charge in [-0.3, -0.25) is 4.79 Å². The highest BCUT2D eigenvalue weighted by Gasteiger charge is 2.26. The second-order valence-electron chi connectivity index (χ2n) is 4.54. The van der Waals surface area contributed by atoms with Crippen LogP contribution in [-0.4, -0.2) is 26.5 Å². The number of carbonyl (C=O) groups excluding carboxylic acids is 1. The smallest absolute Gasteiger partial charge is 0.227 e. The molecule has 3 rings (SSSR count). The maximum absolute atomic E-state index is 12.0. The molecule has 0 aliphatic heterocycles. The minimum atomic E-state index is 0.0262. The van der Waals surface area contributed by atoms with Crippen LogP contribution in [0.3, 0.4) is 0 Å². The number of rotatable bonds is 3. The van der Waals surface area contributed by atoms with Gasteiger partial charge in [-0.15, -0.1) is 10.2 Å². The quantitative estimate of drug-likeness (QED) is 0.901. The van der Waals surface area contributed by atoms with Gasteiger partial charge in [0, 0.05) is 16.5 Å². The third kappa shape index (κ3) is 2.44. The summed E-state index contributed by atoms with van der Waals surface area (Å²) in [6.45, 7) is 0. The number of benzene rings is 1. The first kappa shape index (κ1) is 12.1. The molecule has 0 spiro atoms. The predicted octanol–water partition coefficient (Wildman–Crippen LogP) is 2.26. The fourth-order valence-corrected chi connectivity index (χ4v) is 2.17. The van der Waals surface area contributed by atoms with Crippen LogP contribution in [-0.2, 0) is 4.79 Å². The lowest BCUT2D eigenvalue weighted by Gasteiger charge is -2.24. The molecule has 19 heavy (non-hydrogen) atoms. The third-order valence-electron chi connectivity index (χ3n) is 3.30. The molecule has 2 aromatic rings.